The second-order valence-electron chi connectivity index (χ2n) is 4.30. The van der Waals surface area contributed by atoms with Gasteiger partial charge in [-0.2, -0.15) is 0 Å². The fourth-order valence-electron chi connectivity index (χ4n) is 1.55. The van der Waals surface area contributed by atoms with Crippen molar-refractivity contribution in [3.63, 3.8) is 0 Å². The average Bonchev–Trinajstić information content (AvgIpc) is 2.31. The van der Waals surface area contributed by atoms with E-state index in [0.29, 0.717) is 12.8 Å². The molecular weight excluding hydrogens is 254 g/mol. The first-order valence-electron chi connectivity index (χ1n) is 6.05. The number of unbranched alkanes of at least 4 members (excludes halogenated alkanes) is 1. The zero-order chi connectivity index (χ0) is 14.9. The van der Waals surface area contributed by atoms with Gasteiger partial charge >= 0.3 is 5.97 Å². The zero-order valence-electron chi connectivity index (χ0n) is 11.0. The summed E-state index contributed by atoms with van der Waals surface area (Å²) in [6.07, 6.45) is 2.64. The van der Waals surface area contributed by atoms with Crippen LogP contribution in [-0.2, 0) is 4.79 Å². The summed E-state index contributed by atoms with van der Waals surface area (Å²) in [5.41, 5.74) is 11.5. The summed E-state index contributed by atoms with van der Waals surface area (Å²) in [6.45, 7) is 2.14. The van der Waals surface area contributed by atoms with Crippen molar-refractivity contribution in [3.8, 4) is 0 Å². The largest absolute Gasteiger partial charge is 0.480 e. The Labute approximate surface area is 111 Å². The van der Waals surface area contributed by atoms with Gasteiger partial charge in [-0.3, -0.25) is 4.79 Å². The number of hydrazine groups is 1. The van der Waals surface area contributed by atoms with Gasteiger partial charge in [-0.15, -0.1) is 0 Å². The molecule has 0 unspecified atom stereocenters. The Morgan fingerprint density at radius 3 is 2.53 bits per heavy atom. The molecule has 0 heterocycles. The first kappa shape index (κ1) is 17.1. The maximum absolute atomic E-state index is 11.1. The van der Waals surface area contributed by atoms with E-state index >= 15 is 0 Å². The van der Waals surface area contributed by atoms with Crippen LogP contribution in [-0.4, -0.2) is 34.2 Å². The molecule has 0 bridgehead atoms. The Balaban J connectivity index is 4.20. The molecule has 0 aromatic heterocycles. The highest BCUT2D eigenvalue weighted by Crippen LogP contribution is 2.18. The van der Waals surface area contributed by atoms with Gasteiger partial charge in [0.1, 0.15) is 5.54 Å². The highest BCUT2D eigenvalue weighted by Gasteiger charge is 2.32. The molecule has 0 aromatic rings. The van der Waals surface area contributed by atoms with Crippen LogP contribution in [0.5, 0.6) is 0 Å². The van der Waals surface area contributed by atoms with Crippen LogP contribution in [0, 0.1) is 10.1 Å². The summed E-state index contributed by atoms with van der Waals surface area (Å²) >= 11 is 0. The van der Waals surface area contributed by atoms with Crippen LogP contribution in [0.25, 0.3) is 0 Å². The number of hydrogen-bond acceptors (Lipinski definition) is 5. The van der Waals surface area contributed by atoms with E-state index in [1.165, 1.54) is 0 Å². The van der Waals surface area contributed by atoms with Gasteiger partial charge in [0.2, 0.25) is 0 Å². The number of aliphatic imine (C=N–C) groups is 1. The molecule has 0 amide bonds. The number of carbonyl (C=O) groups is 1. The summed E-state index contributed by atoms with van der Waals surface area (Å²) in [5, 5.41) is 18.3. The maximum atomic E-state index is 11.1. The van der Waals surface area contributed by atoms with E-state index in [9.17, 15) is 14.9 Å². The van der Waals surface area contributed by atoms with Crippen molar-refractivity contribution in [3.05, 3.63) is 10.1 Å². The Morgan fingerprint density at radius 1 is 1.47 bits per heavy atom. The zero-order valence-corrected chi connectivity index (χ0v) is 11.0. The summed E-state index contributed by atoms with van der Waals surface area (Å²) in [7, 11) is 0. The van der Waals surface area contributed by atoms with Crippen LogP contribution in [0.2, 0.25) is 0 Å². The molecule has 0 saturated heterocycles. The van der Waals surface area contributed by atoms with Crippen molar-refractivity contribution in [2.75, 3.05) is 6.54 Å². The number of nitrogens with two attached hydrogens (primary N) is 2. The summed E-state index contributed by atoms with van der Waals surface area (Å²) < 4.78 is 0. The number of nitro groups is 1. The molecular formula is C10H21N5O4. The summed E-state index contributed by atoms with van der Waals surface area (Å²) in [4.78, 5) is 24.9. The van der Waals surface area contributed by atoms with Crippen molar-refractivity contribution in [2.24, 2.45) is 16.5 Å². The lowest BCUT2D eigenvalue weighted by atomic mass is 9.89. The first-order valence-corrected chi connectivity index (χ1v) is 6.05. The van der Waals surface area contributed by atoms with Crippen LogP contribution in [0.15, 0.2) is 4.99 Å². The topological polar surface area (TPSA) is 157 Å². The third-order valence-corrected chi connectivity index (χ3v) is 2.67. The molecule has 9 nitrogen and oxygen atoms in total. The van der Waals surface area contributed by atoms with E-state index in [1.54, 1.807) is 5.43 Å². The highest BCUT2D eigenvalue weighted by molar-refractivity contribution is 5.78. The molecule has 0 aliphatic rings. The van der Waals surface area contributed by atoms with Gasteiger partial charge in [0.15, 0.2) is 5.03 Å². The third kappa shape index (κ3) is 7.19. The van der Waals surface area contributed by atoms with Crippen LogP contribution < -0.4 is 16.9 Å². The normalized spacial score (nSPS) is 14.7. The molecule has 0 spiro atoms. The molecule has 1 atom stereocenters. The quantitative estimate of drug-likeness (QED) is 0.149. The number of nitrogens with zero attached hydrogens (tertiary/aromatic N) is 2. The average molecular weight is 275 g/mol. The minimum Gasteiger partial charge on any atom is -0.480 e. The summed E-state index contributed by atoms with van der Waals surface area (Å²) in [5.74, 6) is -1.35. The lowest BCUT2D eigenvalue weighted by Crippen LogP contribution is -2.48. The van der Waals surface area contributed by atoms with E-state index in [0.717, 1.165) is 12.8 Å². The SMILES string of the molecule is CCCC[C@](N)(CCCN=C(N)N[N+](=O)[O-])C(=O)O. The molecule has 0 aliphatic carbocycles. The van der Waals surface area contributed by atoms with E-state index in [4.69, 9.17) is 16.6 Å². The molecule has 0 radical (unpaired) electrons. The molecule has 6 N–H and O–H groups in total. The second-order valence-corrected chi connectivity index (χ2v) is 4.30. The van der Waals surface area contributed by atoms with E-state index in [1.807, 2.05) is 6.92 Å². The predicted octanol–water partition coefficient (Wildman–Crippen LogP) is -0.165. The van der Waals surface area contributed by atoms with Crippen molar-refractivity contribution >= 4 is 11.9 Å². The van der Waals surface area contributed by atoms with Gasteiger partial charge in [-0.1, -0.05) is 25.2 Å². The van der Waals surface area contributed by atoms with Gasteiger partial charge in [0, 0.05) is 6.54 Å². The van der Waals surface area contributed by atoms with Crippen molar-refractivity contribution in [1.29, 1.82) is 0 Å². The third-order valence-electron chi connectivity index (χ3n) is 2.67. The lowest BCUT2D eigenvalue weighted by molar-refractivity contribution is -0.525. The Morgan fingerprint density at radius 2 is 2.05 bits per heavy atom. The molecule has 0 aromatic carbocycles. The molecule has 0 fully saturated rings. The van der Waals surface area contributed by atoms with Gasteiger partial charge in [0.25, 0.3) is 5.96 Å². The molecule has 110 valence electrons. The van der Waals surface area contributed by atoms with Gasteiger partial charge in [-0.25, -0.2) is 15.1 Å². The second kappa shape index (κ2) is 8.25. The van der Waals surface area contributed by atoms with E-state index < -0.39 is 16.5 Å². The van der Waals surface area contributed by atoms with Gasteiger partial charge < -0.3 is 16.6 Å². The predicted molar refractivity (Wildman–Crippen MR) is 69.9 cm³/mol. The number of nitrogens with one attached hydrogen (secondary N) is 1. The Kier molecular flexibility index (Phi) is 7.42. The van der Waals surface area contributed by atoms with Gasteiger partial charge in [-0.05, 0) is 19.3 Å². The van der Waals surface area contributed by atoms with E-state index in [-0.39, 0.29) is 18.9 Å². The standard InChI is InChI=1S/C10H21N5O4/c1-2-3-5-10(12,8(16)17)6-4-7-13-9(11)14-15(18)19/h2-7,12H2,1H3,(H,16,17)(H3,11,13,14)/t10-/m0/s1. The van der Waals surface area contributed by atoms with Crippen LogP contribution in [0.3, 0.4) is 0 Å². The Hall–Kier alpha value is -1.90. The molecule has 0 aliphatic heterocycles. The Bertz CT molecular complexity index is 347. The number of hydrogen-bond donors (Lipinski definition) is 4. The molecule has 0 rings (SSSR count). The fraction of sp³-hybridized carbons (Fsp3) is 0.800. The number of aliphatic carboxylic acids is 1. The number of guanidine groups is 1. The minimum absolute atomic E-state index is 0.186. The number of carboxylic acid groups (broad SMARTS) is 1. The fourth-order valence-corrected chi connectivity index (χ4v) is 1.55. The van der Waals surface area contributed by atoms with Crippen LogP contribution in [0.1, 0.15) is 39.0 Å². The molecule has 9 heteroatoms. The first-order chi connectivity index (χ1) is 8.81. The maximum Gasteiger partial charge on any atom is 0.323 e. The van der Waals surface area contributed by atoms with Crippen LogP contribution in [0.4, 0.5) is 0 Å². The molecule has 0 saturated carbocycles. The van der Waals surface area contributed by atoms with Crippen molar-refractivity contribution in [1.82, 2.24) is 5.43 Å². The molecule has 19 heavy (non-hydrogen) atoms. The van der Waals surface area contributed by atoms with E-state index in [2.05, 4.69) is 4.99 Å². The number of rotatable bonds is 9. The van der Waals surface area contributed by atoms with Crippen LogP contribution >= 0.6 is 0 Å². The van der Waals surface area contributed by atoms with Crippen molar-refractivity contribution in [2.45, 2.75) is 44.6 Å². The smallest absolute Gasteiger partial charge is 0.323 e. The highest BCUT2D eigenvalue weighted by atomic mass is 16.7. The lowest BCUT2D eigenvalue weighted by Gasteiger charge is -2.24. The number of carboxylic acids is 1. The summed E-state index contributed by atoms with van der Waals surface area (Å²) in [6, 6.07) is 0. The monoisotopic (exact) mass is 275 g/mol. The minimum atomic E-state index is -1.27. The van der Waals surface area contributed by atoms with Crippen molar-refractivity contribution < 1.29 is 14.9 Å². The van der Waals surface area contributed by atoms with Gasteiger partial charge in [0.05, 0.1) is 0 Å².